The molecule has 0 aliphatic heterocycles. The van der Waals surface area contributed by atoms with Crippen LogP contribution in [0.15, 0.2) is 0 Å². The number of unbranched alkanes of at least 4 members (excludes halogenated alkanes) is 2. The first-order valence-corrected chi connectivity index (χ1v) is 5.12. The highest BCUT2D eigenvalue weighted by Crippen LogP contribution is 1.96. The quantitative estimate of drug-likeness (QED) is 0.566. The molecular formula is C10H19NO5. The molecule has 0 aliphatic carbocycles. The minimum atomic E-state index is -1.08. The molecule has 16 heavy (non-hydrogen) atoms. The van der Waals surface area contributed by atoms with Crippen LogP contribution in [-0.2, 0) is 14.4 Å². The molecule has 0 spiro atoms. The maximum atomic E-state index is 10.1. The summed E-state index contributed by atoms with van der Waals surface area (Å²) in [6.07, 6.45) is 3.17. The van der Waals surface area contributed by atoms with Crippen molar-refractivity contribution in [1.29, 1.82) is 0 Å². The molecule has 0 aromatic heterocycles. The lowest BCUT2D eigenvalue weighted by Crippen LogP contribution is -2.09. The Hall–Kier alpha value is -1.59. The third-order valence-electron chi connectivity index (χ3n) is 1.58. The van der Waals surface area contributed by atoms with Crippen molar-refractivity contribution in [3.63, 3.8) is 0 Å². The number of amides is 1. The van der Waals surface area contributed by atoms with Crippen molar-refractivity contribution < 1.29 is 24.6 Å². The fraction of sp³-hybridized carbons (Fsp3) is 0.700. The van der Waals surface area contributed by atoms with Gasteiger partial charge in [0.1, 0.15) is 0 Å². The number of hydrogen-bond donors (Lipinski definition) is 3. The fourth-order valence-corrected chi connectivity index (χ4v) is 0.763. The van der Waals surface area contributed by atoms with Crippen LogP contribution in [0.5, 0.6) is 0 Å². The highest BCUT2D eigenvalue weighted by atomic mass is 16.4. The second kappa shape index (κ2) is 11.5. The number of carboxylic acids is 2. The minimum Gasteiger partial charge on any atom is -0.481 e. The van der Waals surface area contributed by atoms with E-state index in [4.69, 9.17) is 15.9 Å². The van der Waals surface area contributed by atoms with E-state index in [0.717, 1.165) is 19.3 Å². The molecule has 0 heterocycles. The molecule has 0 unspecified atom stereocenters. The van der Waals surface area contributed by atoms with Crippen LogP contribution in [0.4, 0.5) is 0 Å². The molecular weight excluding hydrogens is 214 g/mol. The normalized spacial score (nSPS) is 8.81. The summed E-state index contributed by atoms with van der Waals surface area (Å²) in [4.78, 5) is 29.4. The Labute approximate surface area is 94.4 Å². The van der Waals surface area contributed by atoms with E-state index in [0.29, 0.717) is 6.42 Å². The van der Waals surface area contributed by atoms with Crippen molar-refractivity contribution in [3.05, 3.63) is 0 Å². The number of carbonyl (C=O) groups is 3. The standard InChI is InChI=1S/C6H13NO.C4H6O4/c1-2-3-4-5-6(7)8;5-3(6)1-2-4(7)8/h2-5H2,1H3,(H2,7,8);1-2H2,(H,5,6)(H,7,8). The van der Waals surface area contributed by atoms with Crippen molar-refractivity contribution in [1.82, 2.24) is 0 Å². The topological polar surface area (TPSA) is 118 Å². The van der Waals surface area contributed by atoms with Crippen LogP contribution >= 0.6 is 0 Å². The number of rotatable bonds is 7. The van der Waals surface area contributed by atoms with Gasteiger partial charge in [0.25, 0.3) is 0 Å². The summed E-state index contributed by atoms with van der Waals surface area (Å²) in [5.41, 5.74) is 4.89. The number of carboxylic acid groups (broad SMARTS) is 2. The van der Waals surface area contributed by atoms with Crippen molar-refractivity contribution in [2.75, 3.05) is 0 Å². The van der Waals surface area contributed by atoms with Gasteiger partial charge >= 0.3 is 11.9 Å². The Balaban J connectivity index is 0. The van der Waals surface area contributed by atoms with Crippen LogP contribution in [0, 0.1) is 0 Å². The Bertz CT molecular complexity index is 213. The molecule has 0 saturated carbocycles. The lowest BCUT2D eigenvalue weighted by Gasteiger charge is -1.90. The van der Waals surface area contributed by atoms with Gasteiger partial charge < -0.3 is 15.9 Å². The highest BCUT2D eigenvalue weighted by molar-refractivity contribution is 5.75. The third kappa shape index (κ3) is 22.8. The van der Waals surface area contributed by atoms with Gasteiger partial charge in [-0.15, -0.1) is 0 Å². The molecule has 0 radical (unpaired) electrons. The first-order valence-electron chi connectivity index (χ1n) is 5.12. The smallest absolute Gasteiger partial charge is 0.303 e. The van der Waals surface area contributed by atoms with E-state index in [1.54, 1.807) is 0 Å². The Morgan fingerprint density at radius 3 is 1.62 bits per heavy atom. The monoisotopic (exact) mass is 233 g/mol. The molecule has 0 aliphatic rings. The third-order valence-corrected chi connectivity index (χ3v) is 1.58. The van der Waals surface area contributed by atoms with Gasteiger partial charge in [-0.3, -0.25) is 14.4 Å². The molecule has 4 N–H and O–H groups in total. The lowest BCUT2D eigenvalue weighted by molar-refractivity contribution is -0.143. The predicted molar refractivity (Wildman–Crippen MR) is 57.8 cm³/mol. The van der Waals surface area contributed by atoms with Crippen LogP contribution in [-0.4, -0.2) is 28.1 Å². The summed E-state index contributed by atoms with van der Waals surface area (Å²) in [7, 11) is 0. The summed E-state index contributed by atoms with van der Waals surface area (Å²) in [6, 6.07) is 0. The van der Waals surface area contributed by atoms with Crippen molar-refractivity contribution >= 4 is 17.8 Å². The van der Waals surface area contributed by atoms with Gasteiger partial charge in [0.05, 0.1) is 12.8 Å². The van der Waals surface area contributed by atoms with Crippen LogP contribution < -0.4 is 5.73 Å². The van der Waals surface area contributed by atoms with Crippen molar-refractivity contribution in [2.45, 2.75) is 45.4 Å². The fourth-order valence-electron chi connectivity index (χ4n) is 0.763. The zero-order chi connectivity index (χ0) is 13.0. The molecule has 0 rings (SSSR count). The van der Waals surface area contributed by atoms with Crippen LogP contribution in [0.2, 0.25) is 0 Å². The SMILES string of the molecule is CCCCCC(N)=O.O=C(O)CCC(=O)O. The zero-order valence-electron chi connectivity index (χ0n) is 9.44. The van der Waals surface area contributed by atoms with Crippen LogP contribution in [0.1, 0.15) is 45.4 Å². The molecule has 0 atom stereocenters. The van der Waals surface area contributed by atoms with E-state index in [2.05, 4.69) is 6.92 Å². The summed E-state index contributed by atoms with van der Waals surface area (Å²) < 4.78 is 0. The maximum absolute atomic E-state index is 10.1. The van der Waals surface area contributed by atoms with E-state index >= 15 is 0 Å². The first-order chi connectivity index (χ1) is 7.40. The molecule has 6 nitrogen and oxygen atoms in total. The van der Waals surface area contributed by atoms with Gasteiger partial charge in [-0.1, -0.05) is 19.8 Å². The summed E-state index contributed by atoms with van der Waals surface area (Å²) in [5, 5.41) is 15.8. The summed E-state index contributed by atoms with van der Waals surface area (Å²) >= 11 is 0. The van der Waals surface area contributed by atoms with Gasteiger partial charge in [0.15, 0.2) is 0 Å². The Morgan fingerprint density at radius 2 is 1.38 bits per heavy atom. The van der Waals surface area contributed by atoms with E-state index in [-0.39, 0.29) is 18.7 Å². The zero-order valence-corrected chi connectivity index (χ0v) is 9.44. The van der Waals surface area contributed by atoms with Gasteiger partial charge in [-0.25, -0.2) is 0 Å². The molecule has 0 aromatic carbocycles. The Kier molecular flexibility index (Phi) is 12.1. The average molecular weight is 233 g/mol. The van der Waals surface area contributed by atoms with Gasteiger partial charge in [0.2, 0.25) is 5.91 Å². The van der Waals surface area contributed by atoms with Crippen LogP contribution in [0.3, 0.4) is 0 Å². The van der Waals surface area contributed by atoms with Gasteiger partial charge in [-0.2, -0.15) is 0 Å². The molecule has 1 amide bonds. The maximum Gasteiger partial charge on any atom is 0.303 e. The van der Waals surface area contributed by atoms with Crippen LogP contribution in [0.25, 0.3) is 0 Å². The second-order valence-corrected chi connectivity index (χ2v) is 3.21. The van der Waals surface area contributed by atoms with E-state index in [1.807, 2.05) is 0 Å². The van der Waals surface area contributed by atoms with Crippen molar-refractivity contribution in [3.8, 4) is 0 Å². The number of carbonyl (C=O) groups excluding carboxylic acids is 1. The molecule has 0 bridgehead atoms. The van der Waals surface area contributed by atoms with Crippen molar-refractivity contribution in [2.24, 2.45) is 5.73 Å². The lowest BCUT2D eigenvalue weighted by atomic mass is 10.2. The second-order valence-electron chi connectivity index (χ2n) is 3.21. The van der Waals surface area contributed by atoms with E-state index in [9.17, 15) is 14.4 Å². The van der Waals surface area contributed by atoms with E-state index in [1.165, 1.54) is 0 Å². The predicted octanol–water partition coefficient (Wildman–Crippen LogP) is 0.988. The summed E-state index contributed by atoms with van der Waals surface area (Å²) in [6.45, 7) is 2.10. The first kappa shape index (κ1) is 16.8. The van der Waals surface area contributed by atoms with Gasteiger partial charge in [-0.05, 0) is 6.42 Å². The minimum absolute atomic E-state index is 0.182. The summed E-state index contributed by atoms with van der Waals surface area (Å²) in [5.74, 6) is -2.33. The molecule has 94 valence electrons. The molecule has 0 aromatic rings. The van der Waals surface area contributed by atoms with Gasteiger partial charge in [0, 0.05) is 6.42 Å². The van der Waals surface area contributed by atoms with E-state index < -0.39 is 11.9 Å². The number of primary amides is 1. The number of aliphatic carboxylic acids is 2. The number of hydrogen-bond acceptors (Lipinski definition) is 3. The molecule has 0 saturated heterocycles. The average Bonchev–Trinajstić information content (AvgIpc) is 2.16. The highest BCUT2D eigenvalue weighted by Gasteiger charge is 2.00. The number of nitrogens with two attached hydrogens (primary N) is 1. The molecule has 0 fully saturated rings. The Morgan fingerprint density at radius 1 is 0.938 bits per heavy atom. The largest absolute Gasteiger partial charge is 0.481 e. The molecule has 6 heteroatoms.